The number of aromatic nitrogens is 2. The fraction of sp³-hybridized carbons (Fsp3) is 0.286. The van der Waals surface area contributed by atoms with E-state index in [-0.39, 0.29) is 23.3 Å². The van der Waals surface area contributed by atoms with Gasteiger partial charge in [-0.2, -0.15) is 0 Å². The van der Waals surface area contributed by atoms with Gasteiger partial charge in [0.1, 0.15) is 5.75 Å². The molecule has 0 aliphatic rings. The van der Waals surface area contributed by atoms with Gasteiger partial charge in [-0.25, -0.2) is 4.98 Å². The van der Waals surface area contributed by atoms with Gasteiger partial charge < -0.3 is 20.3 Å². The van der Waals surface area contributed by atoms with Gasteiger partial charge in [-0.05, 0) is 43.9 Å². The molecule has 0 saturated heterocycles. The fourth-order valence-electron chi connectivity index (χ4n) is 2.85. The number of nitrogens with one attached hydrogen (secondary N) is 2. The van der Waals surface area contributed by atoms with Crippen LogP contribution in [0.25, 0.3) is 5.52 Å². The van der Waals surface area contributed by atoms with E-state index < -0.39 is 0 Å². The summed E-state index contributed by atoms with van der Waals surface area (Å²) >= 11 is 0. The highest BCUT2D eigenvalue weighted by atomic mass is 16.5. The predicted molar refractivity (Wildman–Crippen MR) is 110 cm³/mol. The molecule has 0 aliphatic carbocycles. The third-order valence-electron chi connectivity index (χ3n) is 4.42. The van der Waals surface area contributed by atoms with Gasteiger partial charge >= 0.3 is 0 Å². The number of ether oxygens (including phenoxy) is 1. The van der Waals surface area contributed by atoms with Crippen molar-refractivity contribution in [3.05, 3.63) is 65.7 Å². The van der Waals surface area contributed by atoms with Crippen molar-refractivity contribution in [1.29, 1.82) is 0 Å². The standard InChI is InChI=1S/C21H25N5O3/c1-25(2)13-11-22-20(27)18-17-6-4-5-12-26(17)19(24-18)21(28)23-14-15-7-9-16(29-3)10-8-15/h4-10,12H,11,13-14H2,1-3H3,(H,22,27)(H,23,28). The first kappa shape index (κ1) is 20.3. The Kier molecular flexibility index (Phi) is 6.46. The van der Waals surface area contributed by atoms with E-state index in [0.29, 0.717) is 25.2 Å². The van der Waals surface area contributed by atoms with Gasteiger partial charge in [0.2, 0.25) is 5.82 Å². The topological polar surface area (TPSA) is 88.0 Å². The number of hydrogen-bond donors (Lipinski definition) is 2. The molecule has 2 heterocycles. The smallest absolute Gasteiger partial charge is 0.287 e. The summed E-state index contributed by atoms with van der Waals surface area (Å²) in [6, 6.07) is 12.8. The van der Waals surface area contributed by atoms with Gasteiger partial charge in [-0.1, -0.05) is 18.2 Å². The Balaban J connectivity index is 1.76. The van der Waals surface area contributed by atoms with Gasteiger partial charge in [0.15, 0.2) is 5.69 Å². The van der Waals surface area contributed by atoms with Crippen molar-refractivity contribution in [2.24, 2.45) is 0 Å². The molecule has 3 rings (SSSR count). The van der Waals surface area contributed by atoms with Gasteiger partial charge in [0.25, 0.3) is 11.8 Å². The maximum absolute atomic E-state index is 12.7. The summed E-state index contributed by atoms with van der Waals surface area (Å²) in [4.78, 5) is 31.6. The fourth-order valence-corrected chi connectivity index (χ4v) is 2.85. The minimum atomic E-state index is -0.352. The lowest BCUT2D eigenvalue weighted by molar-refractivity contribution is 0.0939. The number of likely N-dealkylation sites (N-methyl/N-ethyl adjacent to an activating group) is 1. The first-order chi connectivity index (χ1) is 14.0. The van der Waals surface area contributed by atoms with Crippen LogP contribution < -0.4 is 15.4 Å². The predicted octanol–water partition coefficient (Wildman–Crippen LogP) is 1.56. The summed E-state index contributed by atoms with van der Waals surface area (Å²) in [7, 11) is 5.47. The Morgan fingerprint density at radius 1 is 1.07 bits per heavy atom. The monoisotopic (exact) mass is 395 g/mol. The highest BCUT2D eigenvalue weighted by molar-refractivity contribution is 6.02. The second-order valence-electron chi connectivity index (χ2n) is 6.83. The number of amides is 2. The second kappa shape index (κ2) is 9.20. The Morgan fingerprint density at radius 2 is 1.83 bits per heavy atom. The number of imidazole rings is 1. The van der Waals surface area contributed by atoms with Crippen LogP contribution >= 0.6 is 0 Å². The van der Waals surface area contributed by atoms with Crippen molar-refractivity contribution in [1.82, 2.24) is 24.9 Å². The maximum atomic E-state index is 12.7. The largest absolute Gasteiger partial charge is 0.497 e. The molecule has 0 bridgehead atoms. The summed E-state index contributed by atoms with van der Waals surface area (Å²) in [5.74, 6) is 0.273. The van der Waals surface area contributed by atoms with Crippen molar-refractivity contribution < 1.29 is 14.3 Å². The molecule has 0 fully saturated rings. The van der Waals surface area contributed by atoms with Crippen LogP contribution in [0.2, 0.25) is 0 Å². The normalized spacial score (nSPS) is 10.9. The molecule has 8 heteroatoms. The van der Waals surface area contributed by atoms with Crippen molar-refractivity contribution in [3.63, 3.8) is 0 Å². The summed E-state index contributed by atoms with van der Waals surface area (Å²) in [6.07, 6.45) is 1.72. The van der Waals surface area contributed by atoms with E-state index >= 15 is 0 Å². The number of benzene rings is 1. The molecule has 0 spiro atoms. The van der Waals surface area contributed by atoms with Crippen molar-refractivity contribution >= 4 is 17.3 Å². The van der Waals surface area contributed by atoms with Gasteiger partial charge in [0.05, 0.1) is 12.6 Å². The first-order valence-electron chi connectivity index (χ1n) is 9.30. The molecule has 0 atom stereocenters. The zero-order chi connectivity index (χ0) is 20.8. The van der Waals surface area contributed by atoms with Gasteiger partial charge in [-0.15, -0.1) is 0 Å². The lowest BCUT2D eigenvalue weighted by Crippen LogP contribution is -2.31. The number of nitrogens with zero attached hydrogens (tertiary/aromatic N) is 3. The molecule has 2 aromatic heterocycles. The van der Waals surface area contributed by atoms with Crippen LogP contribution in [-0.4, -0.2) is 60.4 Å². The number of carbonyl (C=O) groups is 2. The lowest BCUT2D eigenvalue weighted by atomic mass is 10.2. The van der Waals surface area contributed by atoms with Crippen LogP contribution in [0.1, 0.15) is 26.7 Å². The molecule has 0 saturated carbocycles. The van der Waals surface area contributed by atoms with E-state index in [4.69, 9.17) is 4.74 Å². The number of fused-ring (bicyclic) bond motifs is 1. The summed E-state index contributed by atoms with van der Waals surface area (Å²) in [5.41, 5.74) is 1.75. The minimum Gasteiger partial charge on any atom is -0.497 e. The van der Waals surface area contributed by atoms with Crippen LogP contribution in [0.5, 0.6) is 5.75 Å². The molecule has 29 heavy (non-hydrogen) atoms. The molecule has 8 nitrogen and oxygen atoms in total. The molecular weight excluding hydrogens is 370 g/mol. The number of rotatable bonds is 8. The Bertz CT molecular complexity index is 995. The van der Waals surface area contributed by atoms with E-state index in [0.717, 1.165) is 11.3 Å². The lowest BCUT2D eigenvalue weighted by Gasteiger charge is -2.09. The maximum Gasteiger partial charge on any atom is 0.287 e. The van der Waals surface area contributed by atoms with Crippen molar-refractivity contribution in [2.75, 3.05) is 34.3 Å². The Hall–Kier alpha value is -3.39. The third-order valence-corrected chi connectivity index (χ3v) is 4.42. The second-order valence-corrected chi connectivity index (χ2v) is 6.83. The number of methoxy groups -OCH3 is 1. The summed E-state index contributed by atoms with van der Waals surface area (Å²) in [6.45, 7) is 1.55. The van der Waals surface area contributed by atoms with E-state index in [2.05, 4.69) is 15.6 Å². The zero-order valence-electron chi connectivity index (χ0n) is 16.8. The third kappa shape index (κ3) is 4.91. The average molecular weight is 395 g/mol. The Labute approximate surface area is 169 Å². The number of hydrogen-bond acceptors (Lipinski definition) is 5. The molecule has 152 valence electrons. The van der Waals surface area contributed by atoms with Crippen LogP contribution in [0.3, 0.4) is 0 Å². The molecular formula is C21H25N5O3. The van der Waals surface area contributed by atoms with Crippen LogP contribution in [-0.2, 0) is 6.54 Å². The zero-order valence-corrected chi connectivity index (χ0v) is 16.8. The summed E-state index contributed by atoms with van der Waals surface area (Å²) in [5, 5.41) is 5.70. The SMILES string of the molecule is COc1ccc(CNC(=O)c2nc(C(=O)NCCN(C)C)c3ccccn23)cc1. The van der Waals surface area contributed by atoms with E-state index in [9.17, 15) is 9.59 Å². The first-order valence-corrected chi connectivity index (χ1v) is 9.30. The molecule has 0 radical (unpaired) electrons. The molecule has 0 aliphatic heterocycles. The van der Waals surface area contributed by atoms with Crippen molar-refractivity contribution in [2.45, 2.75) is 6.54 Å². The highest BCUT2D eigenvalue weighted by Gasteiger charge is 2.21. The van der Waals surface area contributed by atoms with Crippen LogP contribution in [0.4, 0.5) is 0 Å². The summed E-state index contributed by atoms with van der Waals surface area (Å²) < 4.78 is 6.77. The van der Waals surface area contributed by atoms with E-state index in [1.54, 1.807) is 29.8 Å². The number of pyridine rings is 1. The molecule has 2 N–H and O–H groups in total. The molecule has 3 aromatic rings. The molecule has 2 amide bonds. The van der Waals surface area contributed by atoms with Crippen LogP contribution in [0, 0.1) is 0 Å². The highest BCUT2D eigenvalue weighted by Crippen LogP contribution is 2.14. The molecule has 1 aromatic carbocycles. The van der Waals surface area contributed by atoms with Gasteiger partial charge in [-0.3, -0.25) is 14.0 Å². The van der Waals surface area contributed by atoms with E-state index in [1.165, 1.54) is 0 Å². The minimum absolute atomic E-state index is 0.173. The van der Waals surface area contributed by atoms with Crippen LogP contribution in [0.15, 0.2) is 48.7 Å². The quantitative estimate of drug-likeness (QED) is 0.604. The average Bonchev–Trinajstić information content (AvgIpc) is 3.12. The van der Waals surface area contributed by atoms with Crippen molar-refractivity contribution in [3.8, 4) is 5.75 Å². The number of carbonyl (C=O) groups excluding carboxylic acids is 2. The van der Waals surface area contributed by atoms with Gasteiger partial charge in [0, 0.05) is 25.8 Å². The molecule has 0 unspecified atom stereocenters. The van der Waals surface area contributed by atoms with E-state index in [1.807, 2.05) is 49.3 Å². The Morgan fingerprint density at radius 3 is 2.52 bits per heavy atom.